The number of benzene rings is 2. The van der Waals surface area contributed by atoms with Crippen LogP contribution in [-0.2, 0) is 10.0 Å². The summed E-state index contributed by atoms with van der Waals surface area (Å²) in [6.07, 6.45) is 0. The highest BCUT2D eigenvalue weighted by molar-refractivity contribution is 9.10. The molecule has 7 heteroatoms. The molecule has 2 aromatic carbocycles. The first kappa shape index (κ1) is 17.7. The summed E-state index contributed by atoms with van der Waals surface area (Å²) in [5.74, 6) is -0.373. The van der Waals surface area contributed by atoms with Crippen molar-refractivity contribution >= 4 is 37.5 Å². The maximum atomic E-state index is 12.5. The van der Waals surface area contributed by atoms with Gasteiger partial charge in [0, 0.05) is 24.3 Å². The fourth-order valence-electron chi connectivity index (χ4n) is 1.95. The normalized spacial score (nSPS) is 11.5. The van der Waals surface area contributed by atoms with Crippen LogP contribution < -0.4 is 5.32 Å². The molecule has 0 heterocycles. The molecule has 0 saturated carbocycles. The Morgan fingerprint density at radius 1 is 1.13 bits per heavy atom. The minimum atomic E-state index is -3.60. The van der Waals surface area contributed by atoms with Gasteiger partial charge in [-0.1, -0.05) is 18.2 Å². The molecule has 0 atom stereocenters. The number of hydrogen-bond acceptors (Lipinski definition) is 3. The van der Waals surface area contributed by atoms with Crippen molar-refractivity contribution in [2.24, 2.45) is 0 Å². The molecule has 0 saturated heterocycles. The fourth-order valence-corrected chi connectivity index (χ4v) is 3.31. The zero-order valence-electron chi connectivity index (χ0n) is 13.0. The summed E-state index contributed by atoms with van der Waals surface area (Å²) in [5, 5.41) is 2.80. The van der Waals surface area contributed by atoms with Gasteiger partial charge >= 0.3 is 0 Å². The number of rotatable bonds is 4. The van der Waals surface area contributed by atoms with Crippen LogP contribution in [0.1, 0.15) is 15.9 Å². The molecule has 23 heavy (non-hydrogen) atoms. The second-order valence-electron chi connectivity index (χ2n) is 5.20. The number of nitrogens with one attached hydrogen (secondary N) is 1. The molecule has 5 nitrogen and oxygen atoms in total. The van der Waals surface area contributed by atoms with Gasteiger partial charge in [-0.15, -0.1) is 0 Å². The first-order chi connectivity index (χ1) is 10.7. The molecule has 0 aliphatic carbocycles. The van der Waals surface area contributed by atoms with Gasteiger partial charge in [0.25, 0.3) is 5.91 Å². The van der Waals surface area contributed by atoms with Crippen molar-refractivity contribution in [2.45, 2.75) is 11.8 Å². The lowest BCUT2D eigenvalue weighted by molar-refractivity contribution is 0.102. The van der Waals surface area contributed by atoms with Crippen molar-refractivity contribution in [3.63, 3.8) is 0 Å². The van der Waals surface area contributed by atoms with Gasteiger partial charge < -0.3 is 5.32 Å². The largest absolute Gasteiger partial charge is 0.322 e. The van der Waals surface area contributed by atoms with Gasteiger partial charge in [0.1, 0.15) is 0 Å². The first-order valence-corrected chi connectivity index (χ1v) is 9.06. The fraction of sp³-hybridized carbons (Fsp3) is 0.188. The molecule has 2 rings (SSSR count). The maximum absolute atomic E-state index is 12.5. The van der Waals surface area contributed by atoms with Crippen molar-refractivity contribution in [2.75, 3.05) is 19.4 Å². The predicted octanol–water partition coefficient (Wildman–Crippen LogP) is 3.26. The van der Waals surface area contributed by atoms with Crippen molar-refractivity contribution in [3.8, 4) is 0 Å². The van der Waals surface area contributed by atoms with Crippen molar-refractivity contribution in [1.82, 2.24) is 4.31 Å². The van der Waals surface area contributed by atoms with E-state index in [0.717, 1.165) is 9.87 Å². The number of amides is 1. The Morgan fingerprint density at radius 2 is 1.78 bits per heavy atom. The van der Waals surface area contributed by atoms with Gasteiger partial charge in [0.05, 0.1) is 10.5 Å². The molecule has 122 valence electrons. The predicted molar refractivity (Wildman–Crippen MR) is 94.1 cm³/mol. The van der Waals surface area contributed by atoms with E-state index in [1.165, 1.54) is 26.2 Å². The molecule has 0 fully saturated rings. The number of para-hydroxylation sites is 1. The summed E-state index contributed by atoms with van der Waals surface area (Å²) < 4.78 is 26.1. The molecule has 0 radical (unpaired) electrons. The van der Waals surface area contributed by atoms with E-state index in [1.807, 2.05) is 25.1 Å². The number of nitrogens with zero attached hydrogens (tertiary/aromatic N) is 1. The average Bonchev–Trinajstić information content (AvgIpc) is 2.49. The zero-order chi connectivity index (χ0) is 17.2. The van der Waals surface area contributed by atoms with E-state index < -0.39 is 10.0 Å². The van der Waals surface area contributed by atoms with Gasteiger partial charge in [-0.25, -0.2) is 12.7 Å². The maximum Gasteiger partial charge on any atom is 0.256 e. The van der Waals surface area contributed by atoms with E-state index in [1.54, 1.807) is 12.1 Å². The lowest BCUT2D eigenvalue weighted by Crippen LogP contribution is -2.23. The van der Waals surface area contributed by atoms with E-state index in [-0.39, 0.29) is 16.4 Å². The van der Waals surface area contributed by atoms with Crippen LogP contribution in [0.4, 0.5) is 5.69 Å². The van der Waals surface area contributed by atoms with E-state index in [9.17, 15) is 13.2 Å². The van der Waals surface area contributed by atoms with Gasteiger partial charge in [-0.3, -0.25) is 4.79 Å². The van der Waals surface area contributed by atoms with Gasteiger partial charge in [0.15, 0.2) is 0 Å². The molecular weight excluding hydrogens is 380 g/mol. The van der Waals surface area contributed by atoms with Crippen molar-refractivity contribution in [1.29, 1.82) is 0 Å². The minimum Gasteiger partial charge on any atom is -0.322 e. The molecule has 2 aromatic rings. The SMILES string of the molecule is Cc1ccccc1NC(=O)c1cc(S(=O)(=O)N(C)C)ccc1Br. The Kier molecular flexibility index (Phi) is 5.23. The molecule has 0 aliphatic heterocycles. The van der Waals surface area contributed by atoms with Crippen LogP contribution in [0, 0.1) is 6.92 Å². The molecule has 0 unspecified atom stereocenters. The Bertz CT molecular complexity index is 848. The first-order valence-electron chi connectivity index (χ1n) is 6.82. The second kappa shape index (κ2) is 6.82. The summed E-state index contributed by atoms with van der Waals surface area (Å²) >= 11 is 3.30. The summed E-state index contributed by atoms with van der Waals surface area (Å²) in [6.45, 7) is 1.89. The highest BCUT2D eigenvalue weighted by Gasteiger charge is 2.20. The van der Waals surface area contributed by atoms with Crippen LogP contribution in [0.25, 0.3) is 0 Å². The van der Waals surface area contributed by atoms with Crippen molar-refractivity contribution in [3.05, 3.63) is 58.1 Å². The monoisotopic (exact) mass is 396 g/mol. The lowest BCUT2D eigenvalue weighted by Gasteiger charge is -2.14. The minimum absolute atomic E-state index is 0.0700. The number of halogens is 1. The number of hydrogen-bond donors (Lipinski definition) is 1. The topological polar surface area (TPSA) is 66.5 Å². The third-order valence-corrected chi connectivity index (χ3v) is 5.86. The quantitative estimate of drug-likeness (QED) is 0.861. The molecule has 0 aliphatic rings. The summed E-state index contributed by atoms with van der Waals surface area (Å²) in [5.41, 5.74) is 1.87. The smallest absolute Gasteiger partial charge is 0.256 e. The Morgan fingerprint density at radius 3 is 2.39 bits per heavy atom. The van der Waals surface area contributed by atoms with Gasteiger partial charge in [-0.05, 0) is 52.7 Å². The standard InChI is InChI=1S/C16H17BrN2O3S/c1-11-6-4-5-7-15(11)18-16(20)13-10-12(8-9-14(13)17)23(21,22)19(2)3/h4-10H,1-3H3,(H,18,20). The number of carbonyl (C=O) groups is 1. The highest BCUT2D eigenvalue weighted by atomic mass is 79.9. The van der Waals surface area contributed by atoms with Crippen molar-refractivity contribution < 1.29 is 13.2 Å². The van der Waals surface area contributed by atoms with E-state index in [0.29, 0.717) is 10.2 Å². The summed E-state index contributed by atoms with van der Waals surface area (Å²) in [6, 6.07) is 11.8. The third kappa shape index (κ3) is 3.80. The van der Waals surface area contributed by atoms with Gasteiger partial charge in [0.2, 0.25) is 10.0 Å². The van der Waals surface area contributed by atoms with Gasteiger partial charge in [-0.2, -0.15) is 0 Å². The van der Waals surface area contributed by atoms with E-state index in [4.69, 9.17) is 0 Å². The Labute approximate surface area is 144 Å². The van der Waals surface area contributed by atoms with E-state index in [2.05, 4.69) is 21.2 Å². The number of sulfonamides is 1. The number of carbonyl (C=O) groups excluding carboxylic acids is 1. The molecule has 1 N–H and O–H groups in total. The summed E-state index contributed by atoms with van der Waals surface area (Å²) in [7, 11) is -0.700. The van der Waals surface area contributed by atoms with Crippen LogP contribution in [0.15, 0.2) is 51.8 Å². The number of anilines is 1. The average molecular weight is 397 g/mol. The Hall–Kier alpha value is -1.70. The zero-order valence-corrected chi connectivity index (χ0v) is 15.4. The van der Waals surface area contributed by atoms with Crippen LogP contribution in [-0.4, -0.2) is 32.7 Å². The molecular formula is C16H17BrN2O3S. The summed E-state index contributed by atoms with van der Waals surface area (Å²) in [4.78, 5) is 12.6. The highest BCUT2D eigenvalue weighted by Crippen LogP contribution is 2.24. The molecule has 1 amide bonds. The lowest BCUT2D eigenvalue weighted by atomic mass is 10.1. The number of aryl methyl sites for hydroxylation is 1. The van der Waals surface area contributed by atoms with Crippen LogP contribution in [0.3, 0.4) is 0 Å². The molecule has 0 spiro atoms. The second-order valence-corrected chi connectivity index (χ2v) is 8.20. The van der Waals surface area contributed by atoms with E-state index >= 15 is 0 Å². The van der Waals surface area contributed by atoms with Crippen LogP contribution in [0.5, 0.6) is 0 Å². The molecule has 0 aromatic heterocycles. The third-order valence-electron chi connectivity index (χ3n) is 3.35. The van der Waals surface area contributed by atoms with Crippen LogP contribution in [0.2, 0.25) is 0 Å². The molecule has 0 bridgehead atoms. The van der Waals surface area contributed by atoms with Crippen LogP contribution >= 0.6 is 15.9 Å². The Balaban J connectivity index is 2.40.